The lowest BCUT2D eigenvalue weighted by Gasteiger charge is -2.25. The van der Waals surface area contributed by atoms with Gasteiger partial charge in [-0.1, -0.05) is 0 Å². The number of aliphatic hydroxyl groups excluding tert-OH is 1. The Morgan fingerprint density at radius 2 is 1.96 bits per heavy atom. The molecule has 27 heavy (non-hydrogen) atoms. The minimum absolute atomic E-state index is 0.0447. The number of aromatic nitrogens is 2. The standard InChI is InChI=1S/C20H21N3O4/c1-20(2,9-10-24)27-17-6-3-14(4-7-17)19(26)22-15-5-8-18-21-16(13-25)12-23(18)11-15/h3-8,11-13,24H,9-10H2,1-2H3,(H,22,26). The molecule has 140 valence electrons. The Balaban J connectivity index is 1.69. The highest BCUT2D eigenvalue weighted by atomic mass is 16.5. The highest BCUT2D eigenvalue weighted by Gasteiger charge is 2.19. The number of aliphatic hydroxyl groups is 1. The van der Waals surface area contributed by atoms with Gasteiger partial charge in [-0.05, 0) is 50.2 Å². The lowest BCUT2D eigenvalue weighted by Crippen LogP contribution is -2.29. The summed E-state index contributed by atoms with van der Waals surface area (Å²) < 4.78 is 7.51. The van der Waals surface area contributed by atoms with E-state index in [1.165, 1.54) is 0 Å². The molecule has 0 aliphatic rings. The molecule has 1 aromatic carbocycles. The maximum absolute atomic E-state index is 12.4. The van der Waals surface area contributed by atoms with Crippen LogP contribution in [0, 0.1) is 0 Å². The van der Waals surface area contributed by atoms with Crippen LogP contribution in [-0.2, 0) is 0 Å². The van der Waals surface area contributed by atoms with E-state index in [-0.39, 0.29) is 12.5 Å². The van der Waals surface area contributed by atoms with Crippen LogP contribution in [0.4, 0.5) is 5.69 Å². The Hall–Kier alpha value is -3.19. The summed E-state index contributed by atoms with van der Waals surface area (Å²) in [5.41, 5.74) is 1.55. The van der Waals surface area contributed by atoms with Crippen molar-refractivity contribution in [3.63, 3.8) is 0 Å². The minimum Gasteiger partial charge on any atom is -0.488 e. The predicted octanol–water partition coefficient (Wildman–Crippen LogP) is 2.94. The number of pyridine rings is 1. The van der Waals surface area contributed by atoms with E-state index in [0.29, 0.717) is 41.0 Å². The van der Waals surface area contributed by atoms with Gasteiger partial charge in [-0.2, -0.15) is 0 Å². The molecule has 0 aliphatic carbocycles. The van der Waals surface area contributed by atoms with E-state index < -0.39 is 5.60 Å². The first-order chi connectivity index (χ1) is 12.9. The number of hydrogen-bond donors (Lipinski definition) is 2. The Kier molecular flexibility index (Phi) is 5.23. The largest absolute Gasteiger partial charge is 0.488 e. The lowest BCUT2D eigenvalue weighted by atomic mass is 10.1. The van der Waals surface area contributed by atoms with Gasteiger partial charge >= 0.3 is 0 Å². The second kappa shape index (κ2) is 7.59. The van der Waals surface area contributed by atoms with Crippen molar-refractivity contribution in [3.8, 4) is 5.75 Å². The molecule has 2 heterocycles. The van der Waals surface area contributed by atoms with Gasteiger partial charge in [0.05, 0.1) is 5.69 Å². The maximum atomic E-state index is 12.4. The summed E-state index contributed by atoms with van der Waals surface area (Å²) in [7, 11) is 0. The molecule has 1 amide bonds. The monoisotopic (exact) mass is 367 g/mol. The Bertz CT molecular complexity index is 961. The van der Waals surface area contributed by atoms with Gasteiger partial charge < -0.3 is 19.6 Å². The molecule has 0 bridgehead atoms. The molecule has 7 nitrogen and oxygen atoms in total. The third-order valence-electron chi connectivity index (χ3n) is 4.07. The number of amides is 1. The fraction of sp³-hybridized carbons (Fsp3) is 0.250. The summed E-state index contributed by atoms with van der Waals surface area (Å²) in [5, 5.41) is 11.9. The van der Waals surface area contributed by atoms with E-state index >= 15 is 0 Å². The van der Waals surface area contributed by atoms with Crippen molar-refractivity contribution >= 4 is 23.5 Å². The Morgan fingerprint density at radius 1 is 1.22 bits per heavy atom. The van der Waals surface area contributed by atoms with Crippen molar-refractivity contribution in [2.75, 3.05) is 11.9 Å². The molecule has 2 N–H and O–H groups in total. The number of ether oxygens (including phenoxy) is 1. The van der Waals surface area contributed by atoms with Crippen molar-refractivity contribution in [3.05, 3.63) is 60.0 Å². The fourth-order valence-corrected chi connectivity index (χ4v) is 2.66. The van der Waals surface area contributed by atoms with E-state index in [1.807, 2.05) is 13.8 Å². The molecular formula is C20H21N3O4. The van der Waals surface area contributed by atoms with Gasteiger partial charge in [-0.15, -0.1) is 0 Å². The third kappa shape index (κ3) is 4.51. The number of benzene rings is 1. The number of carbonyl (C=O) groups excluding carboxylic acids is 2. The van der Waals surface area contributed by atoms with Crippen LogP contribution in [0.1, 0.15) is 41.1 Å². The molecule has 0 saturated heterocycles. The molecule has 7 heteroatoms. The number of rotatable bonds is 7. The molecule has 0 fully saturated rings. The summed E-state index contributed by atoms with van der Waals surface area (Å²) in [6, 6.07) is 10.3. The number of aldehydes is 1. The SMILES string of the molecule is CC(C)(CCO)Oc1ccc(C(=O)Nc2ccc3nc(C=O)cn3c2)cc1. The summed E-state index contributed by atoms with van der Waals surface area (Å²) in [4.78, 5) is 27.4. The highest BCUT2D eigenvalue weighted by Crippen LogP contribution is 2.22. The van der Waals surface area contributed by atoms with Crippen LogP contribution in [-0.4, -0.2) is 38.9 Å². The number of nitrogens with zero attached hydrogens (tertiary/aromatic N) is 2. The molecule has 2 aromatic heterocycles. The molecule has 3 rings (SSSR count). The average Bonchev–Trinajstić information content (AvgIpc) is 3.04. The normalized spacial score (nSPS) is 11.4. The second-order valence-corrected chi connectivity index (χ2v) is 6.78. The summed E-state index contributed by atoms with van der Waals surface area (Å²) in [5.74, 6) is 0.373. The van der Waals surface area contributed by atoms with Crippen LogP contribution in [0.3, 0.4) is 0 Å². The molecule has 0 spiro atoms. The quantitative estimate of drug-likeness (QED) is 0.626. The van der Waals surface area contributed by atoms with Gasteiger partial charge in [-0.25, -0.2) is 4.98 Å². The van der Waals surface area contributed by atoms with E-state index in [2.05, 4.69) is 10.3 Å². The van der Waals surface area contributed by atoms with Crippen LogP contribution in [0.2, 0.25) is 0 Å². The number of fused-ring (bicyclic) bond motifs is 1. The van der Waals surface area contributed by atoms with Crippen LogP contribution >= 0.6 is 0 Å². The maximum Gasteiger partial charge on any atom is 0.255 e. The van der Waals surface area contributed by atoms with Crippen molar-refractivity contribution in [2.45, 2.75) is 25.9 Å². The van der Waals surface area contributed by atoms with Crippen LogP contribution in [0.5, 0.6) is 5.75 Å². The van der Waals surface area contributed by atoms with E-state index in [0.717, 1.165) is 0 Å². The average molecular weight is 367 g/mol. The first-order valence-corrected chi connectivity index (χ1v) is 8.55. The van der Waals surface area contributed by atoms with Gasteiger partial charge in [-0.3, -0.25) is 9.59 Å². The van der Waals surface area contributed by atoms with Gasteiger partial charge in [0.2, 0.25) is 0 Å². The first-order valence-electron chi connectivity index (χ1n) is 8.55. The van der Waals surface area contributed by atoms with E-state index in [9.17, 15) is 9.59 Å². The van der Waals surface area contributed by atoms with E-state index in [4.69, 9.17) is 9.84 Å². The summed E-state index contributed by atoms with van der Waals surface area (Å²) >= 11 is 0. The number of imidazole rings is 1. The van der Waals surface area contributed by atoms with Crippen molar-refractivity contribution in [1.29, 1.82) is 0 Å². The van der Waals surface area contributed by atoms with Gasteiger partial charge in [0.15, 0.2) is 6.29 Å². The van der Waals surface area contributed by atoms with Crippen molar-refractivity contribution in [2.24, 2.45) is 0 Å². The number of hydrogen-bond acceptors (Lipinski definition) is 5. The molecule has 0 aliphatic heterocycles. The van der Waals surface area contributed by atoms with Crippen LogP contribution < -0.4 is 10.1 Å². The molecule has 0 atom stereocenters. The fourth-order valence-electron chi connectivity index (χ4n) is 2.66. The third-order valence-corrected chi connectivity index (χ3v) is 4.07. The van der Waals surface area contributed by atoms with Crippen molar-refractivity contribution in [1.82, 2.24) is 9.38 Å². The lowest BCUT2D eigenvalue weighted by molar-refractivity contribution is 0.0765. The topological polar surface area (TPSA) is 92.9 Å². The molecule has 0 radical (unpaired) electrons. The number of carbonyl (C=O) groups is 2. The zero-order valence-corrected chi connectivity index (χ0v) is 15.2. The summed E-state index contributed by atoms with van der Waals surface area (Å²) in [6.45, 7) is 3.83. The van der Waals surface area contributed by atoms with Gasteiger partial charge in [0.25, 0.3) is 5.91 Å². The Labute approximate surface area is 156 Å². The molecule has 0 saturated carbocycles. The van der Waals surface area contributed by atoms with Gasteiger partial charge in [0.1, 0.15) is 22.7 Å². The van der Waals surface area contributed by atoms with Crippen LogP contribution in [0.15, 0.2) is 48.8 Å². The minimum atomic E-state index is -0.487. The zero-order chi connectivity index (χ0) is 19.4. The zero-order valence-electron chi connectivity index (χ0n) is 15.2. The highest BCUT2D eigenvalue weighted by molar-refractivity contribution is 6.04. The van der Waals surface area contributed by atoms with Gasteiger partial charge in [0, 0.05) is 31.0 Å². The Morgan fingerprint density at radius 3 is 2.63 bits per heavy atom. The predicted molar refractivity (Wildman–Crippen MR) is 101 cm³/mol. The number of nitrogens with one attached hydrogen (secondary N) is 1. The number of anilines is 1. The van der Waals surface area contributed by atoms with Crippen LogP contribution in [0.25, 0.3) is 5.65 Å². The molecule has 3 aromatic rings. The first kappa shape index (κ1) is 18.6. The molecule has 0 unspecified atom stereocenters. The second-order valence-electron chi connectivity index (χ2n) is 6.78. The van der Waals surface area contributed by atoms with E-state index in [1.54, 1.807) is 53.2 Å². The molecular weight excluding hydrogens is 346 g/mol. The van der Waals surface area contributed by atoms with Crippen molar-refractivity contribution < 1.29 is 19.4 Å². The smallest absolute Gasteiger partial charge is 0.255 e. The summed E-state index contributed by atoms with van der Waals surface area (Å²) in [6.07, 6.45) is 4.48.